The molecule has 0 amide bonds. The molecule has 0 aliphatic rings. The van der Waals surface area contributed by atoms with Gasteiger partial charge < -0.3 is 0 Å². The number of benzene rings is 2. The highest BCUT2D eigenvalue weighted by Gasteiger charge is 2.15. The van der Waals surface area contributed by atoms with Crippen molar-refractivity contribution in [2.24, 2.45) is 0 Å². The van der Waals surface area contributed by atoms with Crippen LogP contribution in [0.25, 0.3) is 10.8 Å². The first kappa shape index (κ1) is 26.9. The standard InChI is InChI=1S/C28H44O3S/c1-3-5-7-9-11-13-15-18-24-20-17-21-26-23-27(32(29,30)31)22-25(28(24)26)19-16-14-12-10-8-6-4-2/h17,20-23H,3-16,18-19H2,1-2H3,(H,29,30,31). The zero-order valence-electron chi connectivity index (χ0n) is 20.4. The highest BCUT2D eigenvalue weighted by molar-refractivity contribution is 7.85. The summed E-state index contributed by atoms with van der Waals surface area (Å²) in [6.45, 7) is 4.48. The summed E-state index contributed by atoms with van der Waals surface area (Å²) in [5.74, 6) is 0. The van der Waals surface area contributed by atoms with E-state index >= 15 is 0 Å². The van der Waals surface area contributed by atoms with Crippen molar-refractivity contribution in [2.75, 3.05) is 0 Å². The summed E-state index contributed by atoms with van der Waals surface area (Å²) in [6.07, 6.45) is 19.5. The molecule has 32 heavy (non-hydrogen) atoms. The minimum absolute atomic E-state index is 0.0241. The molecule has 0 bridgehead atoms. The van der Waals surface area contributed by atoms with E-state index in [1.807, 2.05) is 12.1 Å². The largest absolute Gasteiger partial charge is 0.294 e. The predicted molar refractivity (Wildman–Crippen MR) is 137 cm³/mol. The zero-order valence-corrected chi connectivity index (χ0v) is 21.2. The number of rotatable bonds is 17. The topological polar surface area (TPSA) is 54.4 Å². The van der Waals surface area contributed by atoms with Gasteiger partial charge >= 0.3 is 0 Å². The summed E-state index contributed by atoms with van der Waals surface area (Å²) in [7, 11) is -4.21. The molecule has 0 spiro atoms. The lowest BCUT2D eigenvalue weighted by Gasteiger charge is -2.14. The molecule has 2 rings (SSSR count). The lowest BCUT2D eigenvalue weighted by Crippen LogP contribution is -2.02. The van der Waals surface area contributed by atoms with Crippen molar-refractivity contribution in [3.05, 3.63) is 41.5 Å². The minimum atomic E-state index is -4.21. The van der Waals surface area contributed by atoms with Crippen LogP contribution in [-0.4, -0.2) is 13.0 Å². The molecule has 4 heteroatoms. The molecule has 0 aliphatic carbocycles. The van der Waals surface area contributed by atoms with Gasteiger partial charge in [0.1, 0.15) is 0 Å². The molecule has 0 saturated heterocycles. The molecular formula is C28H44O3S. The highest BCUT2D eigenvalue weighted by Crippen LogP contribution is 2.29. The van der Waals surface area contributed by atoms with E-state index in [2.05, 4.69) is 19.9 Å². The summed E-state index contributed by atoms with van der Waals surface area (Å²) >= 11 is 0. The van der Waals surface area contributed by atoms with Crippen LogP contribution in [0.2, 0.25) is 0 Å². The molecule has 0 aromatic heterocycles. The van der Waals surface area contributed by atoms with Gasteiger partial charge in [0.2, 0.25) is 0 Å². The average Bonchev–Trinajstić information content (AvgIpc) is 2.77. The Labute approximate surface area is 196 Å². The van der Waals surface area contributed by atoms with Crippen LogP contribution < -0.4 is 0 Å². The van der Waals surface area contributed by atoms with Crippen molar-refractivity contribution in [2.45, 2.75) is 121 Å². The van der Waals surface area contributed by atoms with Crippen molar-refractivity contribution in [1.29, 1.82) is 0 Å². The Balaban J connectivity index is 2.10. The predicted octanol–water partition coefficient (Wildman–Crippen LogP) is 8.67. The Hall–Kier alpha value is -1.39. The molecule has 0 radical (unpaired) electrons. The second-order valence-electron chi connectivity index (χ2n) is 9.32. The maximum Gasteiger partial charge on any atom is 0.294 e. The quantitative estimate of drug-likeness (QED) is 0.190. The van der Waals surface area contributed by atoms with E-state index in [1.54, 1.807) is 12.1 Å². The van der Waals surface area contributed by atoms with E-state index in [0.717, 1.165) is 30.2 Å². The lowest BCUT2D eigenvalue weighted by atomic mass is 9.93. The second kappa shape index (κ2) is 14.7. The zero-order chi connectivity index (χ0) is 23.2. The van der Waals surface area contributed by atoms with Crippen molar-refractivity contribution in [1.82, 2.24) is 0 Å². The van der Waals surface area contributed by atoms with E-state index in [0.29, 0.717) is 0 Å². The van der Waals surface area contributed by atoms with E-state index in [9.17, 15) is 13.0 Å². The van der Waals surface area contributed by atoms with Gasteiger partial charge in [0, 0.05) is 0 Å². The first-order valence-corrected chi connectivity index (χ1v) is 14.4. The Kier molecular flexibility index (Phi) is 12.3. The fraction of sp³-hybridized carbons (Fsp3) is 0.643. The molecule has 180 valence electrons. The van der Waals surface area contributed by atoms with Crippen molar-refractivity contribution in [3.63, 3.8) is 0 Å². The summed E-state index contributed by atoms with van der Waals surface area (Å²) in [6, 6.07) is 9.54. The van der Waals surface area contributed by atoms with Gasteiger partial charge in [0.15, 0.2) is 0 Å². The third-order valence-corrected chi connectivity index (χ3v) is 7.35. The van der Waals surface area contributed by atoms with Gasteiger partial charge in [-0.15, -0.1) is 0 Å². The highest BCUT2D eigenvalue weighted by atomic mass is 32.2. The Morgan fingerprint density at radius 3 is 1.69 bits per heavy atom. The maximum atomic E-state index is 11.9. The number of hydrogen-bond donors (Lipinski definition) is 1. The lowest BCUT2D eigenvalue weighted by molar-refractivity contribution is 0.483. The number of hydrogen-bond acceptors (Lipinski definition) is 2. The summed E-state index contributed by atoms with van der Waals surface area (Å²) in [5.41, 5.74) is 2.39. The fourth-order valence-corrected chi connectivity index (χ4v) is 5.24. The molecule has 0 saturated carbocycles. The van der Waals surface area contributed by atoms with Crippen LogP contribution in [0.1, 0.15) is 115 Å². The van der Waals surface area contributed by atoms with E-state index < -0.39 is 10.1 Å². The molecule has 0 atom stereocenters. The molecule has 0 fully saturated rings. The van der Waals surface area contributed by atoms with Gasteiger partial charge in [-0.3, -0.25) is 4.55 Å². The Morgan fingerprint density at radius 1 is 0.656 bits per heavy atom. The number of aryl methyl sites for hydroxylation is 2. The van der Waals surface area contributed by atoms with Gasteiger partial charge in [0.25, 0.3) is 10.1 Å². The number of unbranched alkanes of at least 4 members (excludes halogenated alkanes) is 12. The second-order valence-corrected chi connectivity index (χ2v) is 10.7. The summed E-state index contributed by atoms with van der Waals surface area (Å²) in [4.78, 5) is 0.0241. The summed E-state index contributed by atoms with van der Waals surface area (Å²) < 4.78 is 33.4. The molecule has 2 aromatic rings. The van der Waals surface area contributed by atoms with Gasteiger partial charge in [-0.2, -0.15) is 8.42 Å². The molecule has 0 heterocycles. The van der Waals surface area contributed by atoms with Gasteiger partial charge in [0.05, 0.1) is 4.90 Å². The van der Waals surface area contributed by atoms with Crippen LogP contribution in [-0.2, 0) is 23.0 Å². The summed E-state index contributed by atoms with van der Waals surface area (Å²) in [5, 5.41) is 2.13. The van der Waals surface area contributed by atoms with Gasteiger partial charge in [-0.25, -0.2) is 0 Å². The third-order valence-electron chi connectivity index (χ3n) is 6.52. The van der Waals surface area contributed by atoms with Crippen LogP contribution in [0.4, 0.5) is 0 Å². The SMILES string of the molecule is CCCCCCCCCc1cccc2cc(S(=O)(=O)O)cc(CCCCCCCCC)c12. The van der Waals surface area contributed by atoms with E-state index in [-0.39, 0.29) is 4.90 Å². The van der Waals surface area contributed by atoms with Crippen molar-refractivity contribution < 1.29 is 13.0 Å². The molecule has 2 aromatic carbocycles. The normalized spacial score (nSPS) is 12.0. The Morgan fingerprint density at radius 2 is 1.16 bits per heavy atom. The van der Waals surface area contributed by atoms with Crippen molar-refractivity contribution in [3.8, 4) is 0 Å². The van der Waals surface area contributed by atoms with Gasteiger partial charge in [-0.1, -0.05) is 109 Å². The van der Waals surface area contributed by atoms with Crippen LogP contribution in [0.15, 0.2) is 35.2 Å². The monoisotopic (exact) mass is 460 g/mol. The van der Waals surface area contributed by atoms with Crippen LogP contribution in [0.3, 0.4) is 0 Å². The van der Waals surface area contributed by atoms with Crippen LogP contribution >= 0.6 is 0 Å². The molecule has 0 aliphatic heterocycles. The number of fused-ring (bicyclic) bond motifs is 1. The first-order valence-electron chi connectivity index (χ1n) is 13.0. The smallest absolute Gasteiger partial charge is 0.282 e. The fourth-order valence-electron chi connectivity index (χ4n) is 4.67. The molecular weight excluding hydrogens is 416 g/mol. The minimum Gasteiger partial charge on any atom is -0.282 e. The van der Waals surface area contributed by atoms with E-state index in [4.69, 9.17) is 0 Å². The Bertz CT molecular complexity index is 902. The van der Waals surface area contributed by atoms with E-state index in [1.165, 1.54) is 94.4 Å². The first-order chi connectivity index (χ1) is 15.5. The third kappa shape index (κ3) is 9.23. The molecule has 3 nitrogen and oxygen atoms in total. The average molecular weight is 461 g/mol. The van der Waals surface area contributed by atoms with Gasteiger partial charge in [-0.05, 0) is 59.7 Å². The molecule has 0 unspecified atom stereocenters. The molecule has 1 N–H and O–H groups in total. The maximum absolute atomic E-state index is 11.9. The van der Waals surface area contributed by atoms with Crippen LogP contribution in [0, 0.1) is 0 Å². The van der Waals surface area contributed by atoms with Crippen LogP contribution in [0.5, 0.6) is 0 Å². The van der Waals surface area contributed by atoms with Crippen molar-refractivity contribution >= 4 is 20.9 Å².